The minimum absolute atomic E-state index is 0.0209. The Morgan fingerprint density at radius 2 is 1.63 bits per heavy atom. The van der Waals surface area contributed by atoms with E-state index in [1.165, 1.54) is 31.3 Å². The van der Waals surface area contributed by atoms with Crippen molar-refractivity contribution >= 4 is 33.3 Å². The average molecular weight is 497 g/mol. The lowest BCUT2D eigenvalue weighted by Gasteiger charge is -2.19. The largest absolute Gasteiger partial charge is 0.490 e. The molecule has 35 heavy (non-hydrogen) atoms. The predicted octanol–water partition coefficient (Wildman–Crippen LogP) is 3.47. The van der Waals surface area contributed by atoms with Crippen molar-refractivity contribution < 1.29 is 32.2 Å². The maximum atomic E-state index is 12.9. The molecule has 0 unspecified atom stereocenters. The highest BCUT2D eigenvalue weighted by Crippen LogP contribution is 2.32. The molecule has 9 nitrogen and oxygen atoms in total. The van der Waals surface area contributed by atoms with E-state index in [1.54, 1.807) is 48.5 Å². The molecule has 0 radical (unpaired) electrons. The van der Waals surface area contributed by atoms with Crippen LogP contribution in [0, 0.1) is 0 Å². The smallest absolute Gasteiger partial charge is 0.338 e. The molecule has 1 N–H and O–H groups in total. The number of hydrogen-bond acceptors (Lipinski definition) is 7. The summed E-state index contributed by atoms with van der Waals surface area (Å²) in [5.41, 5.74) is 1.11. The van der Waals surface area contributed by atoms with Gasteiger partial charge in [0.2, 0.25) is 0 Å². The number of amides is 1. The van der Waals surface area contributed by atoms with E-state index >= 15 is 0 Å². The summed E-state index contributed by atoms with van der Waals surface area (Å²) in [6.45, 7) is 0.569. The molecule has 3 aromatic rings. The predicted molar refractivity (Wildman–Crippen MR) is 129 cm³/mol. The van der Waals surface area contributed by atoms with Crippen LogP contribution in [0.5, 0.6) is 11.5 Å². The summed E-state index contributed by atoms with van der Waals surface area (Å²) in [4.78, 5) is 24.6. The monoisotopic (exact) mass is 496 g/mol. The van der Waals surface area contributed by atoms with Crippen molar-refractivity contribution in [2.75, 3.05) is 36.5 Å². The van der Waals surface area contributed by atoms with Crippen molar-refractivity contribution in [3.63, 3.8) is 0 Å². The summed E-state index contributed by atoms with van der Waals surface area (Å²) in [6, 6.07) is 19.0. The number of esters is 1. The van der Waals surface area contributed by atoms with Gasteiger partial charge in [0.1, 0.15) is 0 Å². The van der Waals surface area contributed by atoms with Crippen molar-refractivity contribution in [2.24, 2.45) is 0 Å². The quantitative estimate of drug-likeness (QED) is 0.499. The summed E-state index contributed by atoms with van der Waals surface area (Å²) in [6.07, 6.45) is 0.767. The van der Waals surface area contributed by atoms with Crippen molar-refractivity contribution in [1.29, 1.82) is 0 Å². The van der Waals surface area contributed by atoms with E-state index in [4.69, 9.17) is 14.2 Å². The molecule has 0 aliphatic carbocycles. The third-order valence-electron chi connectivity index (χ3n) is 5.23. The van der Waals surface area contributed by atoms with Gasteiger partial charge in [-0.2, -0.15) is 0 Å². The van der Waals surface area contributed by atoms with E-state index in [0.29, 0.717) is 36.1 Å². The van der Waals surface area contributed by atoms with Crippen LogP contribution in [0.2, 0.25) is 0 Å². The minimum Gasteiger partial charge on any atom is -0.490 e. The molecule has 0 aromatic heterocycles. The molecule has 0 atom stereocenters. The van der Waals surface area contributed by atoms with Gasteiger partial charge < -0.3 is 19.5 Å². The van der Waals surface area contributed by atoms with Crippen molar-refractivity contribution in [3.05, 3.63) is 78.4 Å². The van der Waals surface area contributed by atoms with Gasteiger partial charge in [-0.15, -0.1) is 0 Å². The van der Waals surface area contributed by atoms with E-state index in [9.17, 15) is 18.0 Å². The SMILES string of the molecule is CN(c1ccccc1)S(=O)(=O)c1ccc(C(=O)OCC(=O)Nc2ccc3c(c2)OCCCO3)cc1. The number of ether oxygens (including phenoxy) is 3. The Morgan fingerprint density at radius 3 is 2.34 bits per heavy atom. The van der Waals surface area contributed by atoms with Gasteiger partial charge in [-0.1, -0.05) is 18.2 Å². The van der Waals surface area contributed by atoms with Crippen LogP contribution in [0.4, 0.5) is 11.4 Å². The van der Waals surface area contributed by atoms with Gasteiger partial charge in [0.15, 0.2) is 18.1 Å². The Labute approximate surface area is 203 Å². The topological polar surface area (TPSA) is 111 Å². The third kappa shape index (κ3) is 5.72. The van der Waals surface area contributed by atoms with Crippen LogP contribution in [0.3, 0.4) is 0 Å². The number of carbonyl (C=O) groups is 2. The minimum atomic E-state index is -3.81. The molecule has 1 amide bonds. The van der Waals surface area contributed by atoms with E-state index < -0.39 is 28.5 Å². The molecule has 4 rings (SSSR count). The number of nitrogens with zero attached hydrogens (tertiary/aromatic N) is 1. The van der Waals surface area contributed by atoms with E-state index in [2.05, 4.69) is 5.32 Å². The first-order valence-corrected chi connectivity index (χ1v) is 12.3. The summed E-state index contributed by atoms with van der Waals surface area (Å²) >= 11 is 0. The highest BCUT2D eigenvalue weighted by atomic mass is 32.2. The lowest BCUT2D eigenvalue weighted by molar-refractivity contribution is -0.119. The molecule has 182 valence electrons. The van der Waals surface area contributed by atoms with Crippen LogP contribution in [0.1, 0.15) is 16.8 Å². The summed E-state index contributed by atoms with van der Waals surface area (Å²) in [5, 5.41) is 2.64. The number of sulfonamides is 1. The van der Waals surface area contributed by atoms with Crippen LogP contribution in [0.15, 0.2) is 77.7 Å². The van der Waals surface area contributed by atoms with Gasteiger partial charge in [0, 0.05) is 25.2 Å². The van der Waals surface area contributed by atoms with Crippen LogP contribution in [-0.4, -0.2) is 47.2 Å². The molecule has 0 spiro atoms. The van der Waals surface area contributed by atoms with E-state index in [0.717, 1.165) is 10.7 Å². The second-order valence-electron chi connectivity index (χ2n) is 7.67. The number of rotatable bonds is 7. The highest BCUT2D eigenvalue weighted by molar-refractivity contribution is 7.92. The number of benzene rings is 3. The standard InChI is InChI=1S/C25H24N2O7S/c1-27(20-6-3-2-4-7-20)35(30,31)21-11-8-18(9-12-21)25(29)34-17-24(28)26-19-10-13-22-23(16-19)33-15-5-14-32-22/h2-4,6-13,16H,5,14-15,17H2,1H3,(H,26,28). The van der Waals surface area contributed by atoms with Gasteiger partial charge in [0.25, 0.3) is 15.9 Å². The Morgan fingerprint density at radius 1 is 0.943 bits per heavy atom. The first-order valence-electron chi connectivity index (χ1n) is 10.9. The van der Waals surface area contributed by atoms with Crippen LogP contribution in [-0.2, 0) is 19.6 Å². The molecule has 1 aliphatic rings. The second kappa shape index (κ2) is 10.5. The Bertz CT molecular complexity index is 1310. The Hall–Kier alpha value is -4.05. The molecule has 0 fully saturated rings. The molecular formula is C25H24N2O7S. The van der Waals surface area contributed by atoms with Crippen molar-refractivity contribution in [3.8, 4) is 11.5 Å². The Kier molecular flexibility index (Phi) is 7.21. The first-order chi connectivity index (χ1) is 16.8. The van der Waals surface area contributed by atoms with Gasteiger partial charge in [-0.25, -0.2) is 13.2 Å². The zero-order valence-corrected chi connectivity index (χ0v) is 19.8. The molecule has 10 heteroatoms. The summed E-state index contributed by atoms with van der Waals surface area (Å²) in [5.74, 6) is -0.145. The van der Waals surface area contributed by atoms with Crippen LogP contribution >= 0.6 is 0 Å². The van der Waals surface area contributed by atoms with E-state index in [1.807, 2.05) is 0 Å². The molecule has 0 bridgehead atoms. The number of carbonyl (C=O) groups excluding carboxylic acids is 2. The van der Waals surface area contributed by atoms with Gasteiger partial charge in [-0.05, 0) is 48.5 Å². The lowest BCUT2D eigenvalue weighted by Crippen LogP contribution is -2.26. The fourth-order valence-corrected chi connectivity index (χ4v) is 4.55. The summed E-state index contributed by atoms with van der Waals surface area (Å²) in [7, 11) is -2.35. The maximum Gasteiger partial charge on any atom is 0.338 e. The van der Waals surface area contributed by atoms with Crippen molar-refractivity contribution in [1.82, 2.24) is 0 Å². The zero-order chi connectivity index (χ0) is 24.8. The first kappa shape index (κ1) is 24.1. The maximum absolute atomic E-state index is 12.9. The normalized spacial score (nSPS) is 12.8. The molecule has 0 saturated heterocycles. The second-order valence-corrected chi connectivity index (χ2v) is 9.64. The molecular weight excluding hydrogens is 472 g/mol. The number of fused-ring (bicyclic) bond motifs is 1. The van der Waals surface area contributed by atoms with Gasteiger partial charge in [-0.3, -0.25) is 9.10 Å². The zero-order valence-electron chi connectivity index (χ0n) is 19.0. The highest BCUT2D eigenvalue weighted by Gasteiger charge is 2.22. The van der Waals surface area contributed by atoms with Gasteiger partial charge >= 0.3 is 5.97 Å². The fourth-order valence-electron chi connectivity index (χ4n) is 3.35. The Balaban J connectivity index is 1.34. The van der Waals surface area contributed by atoms with E-state index in [-0.39, 0.29) is 10.5 Å². The number of nitrogens with one attached hydrogen (secondary N) is 1. The third-order valence-corrected chi connectivity index (χ3v) is 7.03. The lowest BCUT2D eigenvalue weighted by atomic mass is 10.2. The molecule has 1 heterocycles. The molecule has 0 saturated carbocycles. The number of para-hydroxylation sites is 1. The van der Waals surface area contributed by atoms with Crippen LogP contribution < -0.4 is 19.1 Å². The van der Waals surface area contributed by atoms with Crippen molar-refractivity contribution in [2.45, 2.75) is 11.3 Å². The number of anilines is 2. The molecule has 3 aromatic carbocycles. The van der Waals surface area contributed by atoms with Gasteiger partial charge in [0.05, 0.1) is 29.4 Å². The number of hydrogen-bond donors (Lipinski definition) is 1. The fraction of sp³-hybridized carbons (Fsp3) is 0.200. The molecule has 1 aliphatic heterocycles. The van der Waals surface area contributed by atoms with Crippen LogP contribution in [0.25, 0.3) is 0 Å². The summed E-state index contributed by atoms with van der Waals surface area (Å²) < 4.78 is 43.1. The average Bonchev–Trinajstić information content (AvgIpc) is 3.12.